The number of aliphatic imine (C=N–C) groups is 1. The molecule has 0 spiro atoms. The number of guanidine groups is 1. The molecule has 2 heterocycles. The summed E-state index contributed by atoms with van der Waals surface area (Å²) < 4.78 is 22.8. The third kappa shape index (κ3) is 8.50. The van der Waals surface area contributed by atoms with Crippen LogP contribution in [0.4, 0.5) is 5.69 Å². The summed E-state index contributed by atoms with van der Waals surface area (Å²) in [6.07, 6.45) is 1.76. The molecule has 0 bridgehead atoms. The molecule has 1 aromatic carbocycles. The highest BCUT2D eigenvalue weighted by atomic mass is 127. The molecule has 0 fully saturated rings. The van der Waals surface area contributed by atoms with E-state index in [0.717, 1.165) is 54.6 Å². The second-order valence-electron chi connectivity index (χ2n) is 8.00. The summed E-state index contributed by atoms with van der Waals surface area (Å²) in [5.41, 5.74) is 1.75. The van der Waals surface area contributed by atoms with Gasteiger partial charge in [-0.25, -0.2) is 9.98 Å². The minimum atomic E-state index is 0. The first-order valence-corrected chi connectivity index (χ1v) is 11.0. The Bertz CT molecular complexity index is 850. The van der Waals surface area contributed by atoms with E-state index < -0.39 is 0 Å². The summed E-state index contributed by atoms with van der Waals surface area (Å²) in [5.74, 6) is 4.10. The highest BCUT2D eigenvalue weighted by Gasteiger charge is 2.12. The number of hydrogen-bond donors (Lipinski definition) is 2. The number of anilines is 1. The first-order valence-electron chi connectivity index (χ1n) is 11.0. The van der Waals surface area contributed by atoms with Gasteiger partial charge >= 0.3 is 0 Å². The average molecular weight is 558 g/mol. The van der Waals surface area contributed by atoms with Gasteiger partial charge in [0.1, 0.15) is 12.3 Å². The quantitative estimate of drug-likeness (QED) is 0.200. The Morgan fingerprint density at radius 1 is 1.19 bits per heavy atom. The van der Waals surface area contributed by atoms with Crippen LogP contribution in [0.2, 0.25) is 0 Å². The fourth-order valence-corrected chi connectivity index (χ4v) is 2.97. The highest BCUT2D eigenvalue weighted by molar-refractivity contribution is 14.0. The van der Waals surface area contributed by atoms with Gasteiger partial charge in [-0.05, 0) is 38.3 Å². The van der Waals surface area contributed by atoms with Crippen LogP contribution in [-0.2, 0) is 11.3 Å². The molecule has 0 radical (unpaired) electrons. The minimum absolute atomic E-state index is 0. The summed E-state index contributed by atoms with van der Waals surface area (Å²) in [5, 5.41) is 6.70. The molecule has 0 saturated carbocycles. The van der Waals surface area contributed by atoms with E-state index in [9.17, 15) is 0 Å². The number of aromatic nitrogens is 1. The Kier molecular flexibility index (Phi) is 11.1. The monoisotopic (exact) mass is 558 g/mol. The molecule has 0 amide bonds. The number of nitrogens with zero attached hydrogens (tertiary/aromatic N) is 2. The van der Waals surface area contributed by atoms with Crippen molar-refractivity contribution in [1.82, 2.24) is 10.3 Å². The zero-order valence-corrected chi connectivity index (χ0v) is 21.7. The maximum atomic E-state index is 5.79. The fourth-order valence-electron chi connectivity index (χ4n) is 2.97. The smallest absolute Gasteiger partial charge is 0.216 e. The Hall–Kier alpha value is -2.01. The van der Waals surface area contributed by atoms with Crippen molar-refractivity contribution in [3.05, 3.63) is 35.5 Å². The van der Waals surface area contributed by atoms with Gasteiger partial charge in [0.25, 0.3) is 0 Å². The Balaban J connectivity index is 0.00000363. The van der Waals surface area contributed by atoms with Crippen molar-refractivity contribution in [2.75, 3.05) is 38.3 Å². The molecule has 3 rings (SSSR count). The van der Waals surface area contributed by atoms with Crippen LogP contribution in [0.15, 0.2) is 27.6 Å². The normalized spacial score (nSPS) is 13.5. The second-order valence-corrected chi connectivity index (χ2v) is 8.00. The van der Waals surface area contributed by atoms with Gasteiger partial charge < -0.3 is 29.3 Å². The molecule has 1 aliphatic rings. The zero-order chi connectivity index (χ0) is 22.1. The molecule has 0 saturated heterocycles. The van der Waals surface area contributed by atoms with E-state index in [1.807, 2.05) is 32.0 Å². The van der Waals surface area contributed by atoms with Crippen LogP contribution < -0.4 is 20.1 Å². The van der Waals surface area contributed by atoms with Crippen LogP contribution in [0.5, 0.6) is 11.5 Å². The standard InChI is InChI=1S/C23H34N4O4.HI/c1-16(2)15-28-10-5-9-24-23(25-14-22-26-17(3)18(4)31-22)27-19-7-8-20-21(13-19)30-12-6-11-29-20;/h7-8,13,16H,5-6,9-12,14-15H2,1-4H3,(H2,24,25,27);1H. The number of ether oxygens (including phenoxy) is 3. The third-order valence-corrected chi connectivity index (χ3v) is 4.66. The van der Waals surface area contributed by atoms with Crippen LogP contribution in [0.3, 0.4) is 0 Å². The van der Waals surface area contributed by atoms with Gasteiger partial charge in [-0.3, -0.25) is 0 Å². The maximum Gasteiger partial charge on any atom is 0.216 e. The number of rotatable bonds is 9. The first-order chi connectivity index (χ1) is 15.0. The lowest BCUT2D eigenvalue weighted by Crippen LogP contribution is -2.32. The first kappa shape index (κ1) is 26.2. The van der Waals surface area contributed by atoms with Crippen molar-refractivity contribution in [2.24, 2.45) is 10.9 Å². The summed E-state index contributed by atoms with van der Waals surface area (Å²) in [7, 11) is 0. The summed E-state index contributed by atoms with van der Waals surface area (Å²) in [6.45, 7) is 12.0. The summed E-state index contributed by atoms with van der Waals surface area (Å²) in [4.78, 5) is 9.05. The van der Waals surface area contributed by atoms with Crippen LogP contribution in [0, 0.1) is 19.8 Å². The topological polar surface area (TPSA) is 90.1 Å². The Labute approximate surface area is 207 Å². The van der Waals surface area contributed by atoms with E-state index in [1.165, 1.54) is 0 Å². The maximum absolute atomic E-state index is 5.79. The van der Waals surface area contributed by atoms with Crippen molar-refractivity contribution < 1.29 is 18.6 Å². The molecule has 2 aromatic rings. The molecule has 0 unspecified atom stereocenters. The van der Waals surface area contributed by atoms with Crippen LogP contribution in [-0.4, -0.2) is 43.9 Å². The molecule has 8 nitrogen and oxygen atoms in total. The van der Waals surface area contributed by atoms with Crippen LogP contribution in [0.1, 0.15) is 44.0 Å². The van der Waals surface area contributed by atoms with E-state index in [0.29, 0.717) is 44.1 Å². The van der Waals surface area contributed by atoms with E-state index in [2.05, 4.69) is 34.5 Å². The molecule has 32 heavy (non-hydrogen) atoms. The van der Waals surface area contributed by atoms with Crippen molar-refractivity contribution >= 4 is 35.6 Å². The largest absolute Gasteiger partial charge is 0.490 e. The van der Waals surface area contributed by atoms with Gasteiger partial charge in [-0.15, -0.1) is 24.0 Å². The molecule has 1 aliphatic heterocycles. The molecular formula is C23H35IN4O4. The lowest BCUT2D eigenvalue weighted by Gasteiger charge is -2.14. The van der Waals surface area contributed by atoms with E-state index >= 15 is 0 Å². The molecule has 0 atom stereocenters. The van der Waals surface area contributed by atoms with Gasteiger partial charge in [0.15, 0.2) is 17.5 Å². The Morgan fingerprint density at radius 2 is 1.97 bits per heavy atom. The third-order valence-electron chi connectivity index (χ3n) is 4.66. The van der Waals surface area contributed by atoms with Crippen molar-refractivity contribution in [3.63, 3.8) is 0 Å². The highest BCUT2D eigenvalue weighted by Crippen LogP contribution is 2.32. The van der Waals surface area contributed by atoms with Crippen molar-refractivity contribution in [3.8, 4) is 11.5 Å². The molecule has 2 N–H and O–H groups in total. The molecular weight excluding hydrogens is 523 g/mol. The van der Waals surface area contributed by atoms with Gasteiger partial charge in [-0.1, -0.05) is 13.8 Å². The number of aryl methyl sites for hydroxylation is 2. The van der Waals surface area contributed by atoms with Gasteiger partial charge in [0, 0.05) is 37.9 Å². The van der Waals surface area contributed by atoms with E-state index in [4.69, 9.17) is 18.6 Å². The SMILES string of the molecule is Cc1nc(CN=C(NCCCOCC(C)C)Nc2ccc3c(c2)OCCCO3)oc1C.I. The lowest BCUT2D eigenvalue weighted by molar-refractivity contribution is 0.108. The molecule has 0 aliphatic carbocycles. The fraction of sp³-hybridized carbons (Fsp3) is 0.565. The summed E-state index contributed by atoms with van der Waals surface area (Å²) >= 11 is 0. The molecule has 9 heteroatoms. The minimum Gasteiger partial charge on any atom is -0.490 e. The van der Waals surface area contributed by atoms with E-state index in [1.54, 1.807) is 0 Å². The van der Waals surface area contributed by atoms with Gasteiger partial charge in [0.2, 0.25) is 5.89 Å². The lowest BCUT2D eigenvalue weighted by atomic mass is 10.2. The zero-order valence-electron chi connectivity index (χ0n) is 19.4. The molecule has 1 aromatic heterocycles. The van der Waals surface area contributed by atoms with Crippen molar-refractivity contribution in [1.29, 1.82) is 0 Å². The number of hydrogen-bond acceptors (Lipinski definition) is 6. The van der Waals surface area contributed by atoms with Crippen molar-refractivity contribution in [2.45, 2.75) is 47.1 Å². The second kappa shape index (κ2) is 13.5. The average Bonchev–Trinajstić information content (AvgIpc) is 2.92. The van der Waals surface area contributed by atoms with Crippen LogP contribution >= 0.6 is 24.0 Å². The van der Waals surface area contributed by atoms with Gasteiger partial charge in [0.05, 0.1) is 18.9 Å². The summed E-state index contributed by atoms with van der Waals surface area (Å²) in [6, 6.07) is 5.81. The van der Waals surface area contributed by atoms with Gasteiger partial charge in [-0.2, -0.15) is 0 Å². The number of oxazole rings is 1. The number of halogens is 1. The number of nitrogens with one attached hydrogen (secondary N) is 2. The van der Waals surface area contributed by atoms with Crippen LogP contribution in [0.25, 0.3) is 0 Å². The predicted molar refractivity (Wildman–Crippen MR) is 136 cm³/mol. The van der Waals surface area contributed by atoms with E-state index in [-0.39, 0.29) is 24.0 Å². The Morgan fingerprint density at radius 3 is 2.69 bits per heavy atom. The predicted octanol–water partition coefficient (Wildman–Crippen LogP) is 4.69. The number of fused-ring (bicyclic) bond motifs is 1. The molecule has 178 valence electrons. The number of benzene rings is 1.